The van der Waals surface area contributed by atoms with Gasteiger partial charge in [0.2, 0.25) is 0 Å². The topological polar surface area (TPSA) is 76.0 Å². The van der Waals surface area contributed by atoms with Crippen LogP contribution in [0.15, 0.2) is 16.4 Å². The van der Waals surface area contributed by atoms with Gasteiger partial charge in [0.1, 0.15) is 0 Å². The van der Waals surface area contributed by atoms with Crippen LogP contribution in [-0.2, 0) is 0 Å². The van der Waals surface area contributed by atoms with Crippen LogP contribution in [0.3, 0.4) is 0 Å². The number of nitrogens with zero attached hydrogens (tertiary/aromatic N) is 5. The van der Waals surface area contributed by atoms with Gasteiger partial charge in [0.05, 0.1) is 0 Å². The van der Waals surface area contributed by atoms with Crippen LogP contribution in [0.5, 0.6) is 0 Å². The molecule has 4 heterocycles. The summed E-state index contributed by atoms with van der Waals surface area (Å²) in [5.41, 5.74) is 6.30. The molecule has 0 radical (unpaired) electrons. The quantitative estimate of drug-likeness (QED) is 0.443. The molecule has 0 amide bonds. The molecule has 0 saturated carbocycles. The molecule has 0 unspecified atom stereocenters. The third kappa shape index (κ3) is 2.19. The molecule has 0 aliphatic carbocycles. The zero-order valence-corrected chi connectivity index (χ0v) is 17.8. The van der Waals surface area contributed by atoms with Gasteiger partial charge in [-0.2, -0.15) is 0 Å². The first-order valence-corrected chi connectivity index (χ1v) is 12.0. The molecule has 0 atom stereocenters. The van der Waals surface area contributed by atoms with Crippen molar-refractivity contribution >= 4 is 75.0 Å². The number of aromatic nitrogens is 4. The number of rotatable bonds is 2. The molecule has 24 heavy (non-hydrogen) atoms. The van der Waals surface area contributed by atoms with E-state index >= 15 is 0 Å². The third-order valence-electron chi connectivity index (χ3n) is 3.73. The molecular weight excluding hydrogens is 474 g/mol. The van der Waals surface area contributed by atoms with E-state index in [1.54, 1.807) is 22.7 Å². The number of thiazole rings is 2. The number of anilines is 1. The van der Waals surface area contributed by atoms with E-state index in [1.165, 1.54) is 0 Å². The second-order valence-electron chi connectivity index (χ2n) is 5.23. The van der Waals surface area contributed by atoms with Crippen molar-refractivity contribution < 1.29 is 0 Å². The van der Waals surface area contributed by atoms with Crippen LogP contribution in [0.25, 0.3) is 31.9 Å². The van der Waals surface area contributed by atoms with Crippen LogP contribution in [0.1, 0.15) is 10.0 Å². The van der Waals surface area contributed by atoms with Gasteiger partial charge in [-0.05, 0) is 0 Å². The zero-order valence-electron chi connectivity index (χ0n) is 12.6. The Morgan fingerprint density at radius 2 is 1.58 bits per heavy atom. The maximum absolute atomic E-state index is 4.81. The van der Waals surface area contributed by atoms with Gasteiger partial charge in [-0.15, -0.1) is 0 Å². The molecule has 5 rings (SSSR count). The first-order valence-electron chi connectivity index (χ1n) is 7.07. The van der Waals surface area contributed by atoms with Crippen molar-refractivity contribution in [2.24, 2.45) is 3.96 Å². The van der Waals surface area contributed by atoms with Crippen LogP contribution in [-0.4, -0.2) is 47.9 Å². The summed E-state index contributed by atoms with van der Waals surface area (Å²) in [5.74, 6) is 0. The maximum atomic E-state index is 4.81. The first kappa shape index (κ1) is 15.0. The monoisotopic (exact) mass is 486 g/mol. The first-order chi connectivity index (χ1) is 11.7. The molecule has 0 fully saturated rings. The summed E-state index contributed by atoms with van der Waals surface area (Å²) in [6.07, 6.45) is 3.86. The van der Waals surface area contributed by atoms with E-state index in [-0.39, 0.29) is 29.9 Å². The van der Waals surface area contributed by atoms with Gasteiger partial charge in [-0.1, -0.05) is 0 Å². The summed E-state index contributed by atoms with van der Waals surface area (Å²) < 4.78 is 17.8. The van der Waals surface area contributed by atoms with Gasteiger partial charge in [0.25, 0.3) is 0 Å². The second kappa shape index (κ2) is 5.62. The van der Waals surface area contributed by atoms with Crippen molar-refractivity contribution in [3.63, 3.8) is 0 Å². The normalized spacial score (nSPS) is 13.1. The standard InChI is InChI=1S/C14H10N6S2Se2/c1-5-15-3-7(21-5)9-11-13(19-23-17-11)10(8-4-16-6(2)22-8)14-12(9)18-24-20-14/h3-4,23H,1-2H3,(H,17,19). The van der Waals surface area contributed by atoms with Crippen LogP contribution >= 0.6 is 22.7 Å². The molecule has 1 N–H and O–H groups in total. The molecule has 6 nitrogen and oxygen atoms in total. The van der Waals surface area contributed by atoms with Crippen LogP contribution in [0.4, 0.5) is 11.4 Å². The van der Waals surface area contributed by atoms with Gasteiger partial charge in [0.15, 0.2) is 0 Å². The number of hydrogen-bond donors (Lipinski definition) is 1. The van der Waals surface area contributed by atoms with Crippen molar-refractivity contribution in [2.75, 3.05) is 4.33 Å². The molecule has 0 bridgehead atoms. The Bertz CT molecular complexity index is 1130. The average Bonchev–Trinajstić information content (AvgIpc) is 3.31. The number of nitrogens with one attached hydrogen (secondary N) is 1. The number of aryl methyl sites for hydroxylation is 2. The molecule has 1 aliphatic rings. The van der Waals surface area contributed by atoms with Crippen molar-refractivity contribution in [2.45, 2.75) is 13.8 Å². The molecule has 0 saturated heterocycles. The van der Waals surface area contributed by atoms with E-state index in [0.29, 0.717) is 0 Å². The molecule has 120 valence electrons. The van der Waals surface area contributed by atoms with E-state index in [1.807, 2.05) is 26.2 Å². The summed E-state index contributed by atoms with van der Waals surface area (Å²) in [6, 6.07) is 0. The molecule has 3 aromatic heterocycles. The summed E-state index contributed by atoms with van der Waals surface area (Å²) >= 11 is 2.99. The van der Waals surface area contributed by atoms with E-state index in [2.05, 4.69) is 14.3 Å². The zero-order chi connectivity index (χ0) is 16.3. The molecular formula is C14H10N6S2Se2. The van der Waals surface area contributed by atoms with Gasteiger partial charge < -0.3 is 0 Å². The van der Waals surface area contributed by atoms with Gasteiger partial charge in [-0.25, -0.2) is 0 Å². The fourth-order valence-electron chi connectivity index (χ4n) is 2.75. The predicted molar refractivity (Wildman–Crippen MR) is 101 cm³/mol. The van der Waals surface area contributed by atoms with Crippen LogP contribution in [0, 0.1) is 13.8 Å². The Hall–Kier alpha value is -1.28. The predicted octanol–water partition coefficient (Wildman–Crippen LogP) is 3.14. The fourth-order valence-corrected chi connectivity index (χ4v) is 6.98. The molecule has 1 aliphatic heterocycles. The molecule has 4 aromatic rings. The SMILES string of the molecule is Cc1ncc(-c2c3c(c(-c4cnc(C)s4)c4n[se]nc24)N[SeH]=N3)s1. The summed E-state index contributed by atoms with van der Waals surface area (Å²) in [5, 5.41) is 2.10. The van der Waals surface area contributed by atoms with Crippen molar-refractivity contribution in [3.05, 3.63) is 22.4 Å². The second-order valence-corrected chi connectivity index (χ2v) is 10.1. The van der Waals surface area contributed by atoms with E-state index < -0.39 is 0 Å². The summed E-state index contributed by atoms with van der Waals surface area (Å²) in [7, 11) is 0. The van der Waals surface area contributed by atoms with Crippen LogP contribution in [0.2, 0.25) is 0 Å². The Morgan fingerprint density at radius 1 is 0.958 bits per heavy atom. The average molecular weight is 484 g/mol. The fraction of sp³-hybridized carbons (Fsp3) is 0.143. The Labute approximate surface area is 157 Å². The van der Waals surface area contributed by atoms with Crippen molar-refractivity contribution in [1.82, 2.24) is 17.9 Å². The van der Waals surface area contributed by atoms with Crippen molar-refractivity contribution in [1.29, 1.82) is 0 Å². The number of benzene rings is 1. The van der Waals surface area contributed by atoms with E-state index in [0.717, 1.165) is 53.3 Å². The number of fused-ring (bicyclic) bond motifs is 2. The minimum absolute atomic E-state index is 0.103. The van der Waals surface area contributed by atoms with Gasteiger partial charge in [0, 0.05) is 0 Å². The van der Waals surface area contributed by atoms with Gasteiger partial charge >= 0.3 is 158 Å². The Kier molecular flexibility index (Phi) is 3.52. The Morgan fingerprint density at radius 3 is 2.21 bits per heavy atom. The van der Waals surface area contributed by atoms with Gasteiger partial charge in [-0.3, -0.25) is 0 Å². The molecule has 10 heteroatoms. The van der Waals surface area contributed by atoms with E-state index in [4.69, 9.17) is 11.9 Å². The Balaban J connectivity index is 1.91. The van der Waals surface area contributed by atoms with Crippen molar-refractivity contribution in [3.8, 4) is 20.9 Å². The summed E-state index contributed by atoms with van der Waals surface area (Å²) in [4.78, 5) is 11.1. The number of hydrogen-bond acceptors (Lipinski definition) is 8. The van der Waals surface area contributed by atoms with Crippen LogP contribution < -0.4 is 4.33 Å². The summed E-state index contributed by atoms with van der Waals surface area (Å²) in [6.45, 7) is 4.05. The molecule has 1 aromatic carbocycles. The van der Waals surface area contributed by atoms with E-state index in [9.17, 15) is 0 Å². The molecule has 0 spiro atoms. The minimum atomic E-state index is -0.283. The third-order valence-corrected chi connectivity index (χ3v) is 8.01.